The highest BCUT2D eigenvalue weighted by molar-refractivity contribution is 5.93. The van der Waals surface area contributed by atoms with Crippen LogP contribution in [0.5, 0.6) is 0 Å². The Morgan fingerprint density at radius 3 is 2.47 bits per heavy atom. The van der Waals surface area contributed by atoms with Crippen molar-refractivity contribution in [2.45, 2.75) is 46.8 Å². The molecule has 0 amide bonds. The average Bonchev–Trinajstić information content (AvgIpc) is 3.06. The Kier molecular flexibility index (Phi) is 6.41. The number of imidazole rings is 1. The molecule has 0 spiro atoms. The number of anilines is 1. The largest absolute Gasteiger partial charge is 0.478 e. The minimum absolute atomic E-state index is 0.222. The molecule has 1 aromatic carbocycles. The second kappa shape index (κ2) is 8.83. The number of carbonyl (C=O) groups is 1. The van der Waals surface area contributed by atoms with Gasteiger partial charge in [-0.15, -0.1) is 0 Å². The molecule has 2 aromatic heterocycles. The van der Waals surface area contributed by atoms with Crippen molar-refractivity contribution in [2.24, 2.45) is 0 Å². The van der Waals surface area contributed by atoms with Crippen molar-refractivity contribution in [1.82, 2.24) is 14.5 Å². The molecule has 0 aliphatic carbocycles. The fourth-order valence-electron chi connectivity index (χ4n) is 3.41. The van der Waals surface area contributed by atoms with Gasteiger partial charge in [0, 0.05) is 31.4 Å². The molecule has 160 valence electrons. The summed E-state index contributed by atoms with van der Waals surface area (Å²) >= 11 is 0. The zero-order valence-corrected chi connectivity index (χ0v) is 18.3. The molecule has 1 N–H and O–H groups in total. The maximum Gasteiger partial charge on any atom is 0.335 e. The van der Waals surface area contributed by atoms with Crippen LogP contribution in [0, 0.1) is 0 Å². The number of pyridine rings is 1. The predicted molar refractivity (Wildman–Crippen MR) is 119 cm³/mol. The minimum Gasteiger partial charge on any atom is -0.478 e. The number of carboxylic acids is 1. The van der Waals surface area contributed by atoms with Gasteiger partial charge in [-0.2, -0.15) is 0 Å². The number of ether oxygens (including phenoxy) is 1. The van der Waals surface area contributed by atoms with E-state index in [0.717, 1.165) is 35.8 Å². The molecule has 3 aromatic rings. The molecule has 0 atom stereocenters. The molecular weight excluding hydrogens is 380 g/mol. The monoisotopic (exact) mass is 410 g/mol. The van der Waals surface area contributed by atoms with E-state index in [2.05, 4.69) is 28.3 Å². The van der Waals surface area contributed by atoms with Gasteiger partial charge in [0.25, 0.3) is 0 Å². The van der Waals surface area contributed by atoms with Crippen molar-refractivity contribution in [2.75, 3.05) is 24.6 Å². The van der Waals surface area contributed by atoms with Gasteiger partial charge in [-0.3, -0.25) is 0 Å². The van der Waals surface area contributed by atoms with E-state index in [4.69, 9.17) is 9.72 Å². The SMILES string of the molecule is CCN(CC)c1ccc(-c2nc3cc(C(=O)O)ccc3n2CCOC(C)(C)C)cn1. The van der Waals surface area contributed by atoms with E-state index >= 15 is 0 Å². The number of aromatic nitrogens is 3. The molecule has 0 fully saturated rings. The zero-order chi connectivity index (χ0) is 21.9. The molecule has 0 bridgehead atoms. The molecule has 0 aliphatic rings. The van der Waals surface area contributed by atoms with Crippen LogP contribution in [0.3, 0.4) is 0 Å². The normalized spacial score (nSPS) is 11.8. The smallest absolute Gasteiger partial charge is 0.335 e. The number of fused-ring (bicyclic) bond motifs is 1. The van der Waals surface area contributed by atoms with Crippen LogP contribution in [0.25, 0.3) is 22.4 Å². The molecule has 0 aliphatic heterocycles. The third kappa shape index (κ3) is 4.79. The first-order valence-corrected chi connectivity index (χ1v) is 10.3. The number of rotatable bonds is 8. The van der Waals surface area contributed by atoms with Crippen molar-refractivity contribution in [1.29, 1.82) is 0 Å². The topological polar surface area (TPSA) is 80.5 Å². The van der Waals surface area contributed by atoms with Crippen LogP contribution in [0.4, 0.5) is 5.82 Å². The van der Waals surface area contributed by atoms with Gasteiger partial charge in [-0.1, -0.05) is 0 Å². The Balaban J connectivity index is 2.02. The summed E-state index contributed by atoms with van der Waals surface area (Å²) < 4.78 is 7.99. The van der Waals surface area contributed by atoms with Gasteiger partial charge in [0.15, 0.2) is 0 Å². The van der Waals surface area contributed by atoms with Gasteiger partial charge in [0.1, 0.15) is 11.6 Å². The summed E-state index contributed by atoms with van der Waals surface area (Å²) in [6, 6.07) is 9.05. The summed E-state index contributed by atoms with van der Waals surface area (Å²) in [4.78, 5) is 22.9. The summed E-state index contributed by atoms with van der Waals surface area (Å²) in [7, 11) is 0. The fourth-order valence-corrected chi connectivity index (χ4v) is 3.41. The standard InChI is InChI=1S/C23H30N4O3/c1-6-26(7-2)20-11-9-17(15-24-20)21-25-18-14-16(22(28)29)8-10-19(18)27(21)12-13-30-23(3,4)5/h8-11,14-15H,6-7,12-13H2,1-5H3,(H,28,29). The van der Waals surface area contributed by atoms with Crippen LogP contribution in [0.2, 0.25) is 0 Å². The second-order valence-corrected chi connectivity index (χ2v) is 8.13. The molecule has 30 heavy (non-hydrogen) atoms. The van der Waals surface area contributed by atoms with E-state index < -0.39 is 5.97 Å². The van der Waals surface area contributed by atoms with E-state index in [1.807, 2.05) is 45.2 Å². The molecule has 0 radical (unpaired) electrons. The van der Waals surface area contributed by atoms with Gasteiger partial charge < -0.3 is 19.3 Å². The third-order valence-electron chi connectivity index (χ3n) is 4.94. The lowest BCUT2D eigenvalue weighted by Gasteiger charge is -2.21. The van der Waals surface area contributed by atoms with Crippen molar-refractivity contribution >= 4 is 22.8 Å². The molecule has 2 heterocycles. The van der Waals surface area contributed by atoms with E-state index in [0.29, 0.717) is 18.7 Å². The lowest BCUT2D eigenvalue weighted by Crippen LogP contribution is -2.23. The van der Waals surface area contributed by atoms with E-state index in [9.17, 15) is 9.90 Å². The maximum atomic E-state index is 11.4. The van der Waals surface area contributed by atoms with Crippen LogP contribution in [-0.4, -0.2) is 50.9 Å². The molecule has 7 heteroatoms. The average molecular weight is 411 g/mol. The Morgan fingerprint density at radius 1 is 1.17 bits per heavy atom. The summed E-state index contributed by atoms with van der Waals surface area (Å²) in [6.45, 7) is 13.2. The van der Waals surface area contributed by atoms with Crippen molar-refractivity contribution in [3.05, 3.63) is 42.1 Å². The van der Waals surface area contributed by atoms with Gasteiger partial charge in [-0.25, -0.2) is 14.8 Å². The Morgan fingerprint density at radius 2 is 1.90 bits per heavy atom. The van der Waals surface area contributed by atoms with Crippen molar-refractivity contribution < 1.29 is 14.6 Å². The molecule has 0 saturated carbocycles. The van der Waals surface area contributed by atoms with E-state index in [1.54, 1.807) is 12.1 Å². The van der Waals surface area contributed by atoms with Gasteiger partial charge >= 0.3 is 5.97 Å². The fraction of sp³-hybridized carbons (Fsp3) is 0.435. The maximum absolute atomic E-state index is 11.4. The lowest BCUT2D eigenvalue weighted by molar-refractivity contribution is -0.00636. The summed E-state index contributed by atoms with van der Waals surface area (Å²) in [6.07, 6.45) is 1.83. The number of carboxylic acid groups (broad SMARTS) is 1. The van der Waals surface area contributed by atoms with Crippen LogP contribution in [0.15, 0.2) is 36.5 Å². The van der Waals surface area contributed by atoms with Crippen LogP contribution >= 0.6 is 0 Å². The van der Waals surface area contributed by atoms with Crippen LogP contribution in [-0.2, 0) is 11.3 Å². The molecule has 0 unspecified atom stereocenters. The first-order chi connectivity index (χ1) is 14.2. The lowest BCUT2D eigenvalue weighted by atomic mass is 10.2. The van der Waals surface area contributed by atoms with E-state index in [1.165, 1.54) is 0 Å². The first kappa shape index (κ1) is 21.8. The molecule has 3 rings (SSSR count). The highest BCUT2D eigenvalue weighted by Gasteiger charge is 2.17. The Bertz CT molecular complexity index is 1020. The number of hydrogen-bond acceptors (Lipinski definition) is 5. The summed E-state index contributed by atoms with van der Waals surface area (Å²) in [5, 5.41) is 9.33. The third-order valence-corrected chi connectivity index (χ3v) is 4.94. The number of hydrogen-bond donors (Lipinski definition) is 1. The minimum atomic E-state index is -0.964. The second-order valence-electron chi connectivity index (χ2n) is 8.13. The van der Waals surface area contributed by atoms with Gasteiger partial charge in [0.2, 0.25) is 0 Å². The summed E-state index contributed by atoms with van der Waals surface area (Å²) in [5.74, 6) is 0.716. The Hall–Kier alpha value is -2.93. The quantitative estimate of drug-likeness (QED) is 0.591. The van der Waals surface area contributed by atoms with Gasteiger partial charge in [-0.05, 0) is 65.0 Å². The van der Waals surface area contributed by atoms with Crippen LogP contribution in [0.1, 0.15) is 45.0 Å². The number of benzene rings is 1. The van der Waals surface area contributed by atoms with Crippen molar-refractivity contribution in [3.63, 3.8) is 0 Å². The van der Waals surface area contributed by atoms with Crippen LogP contribution < -0.4 is 4.90 Å². The predicted octanol–water partition coefficient (Wildman–Crippen LogP) is 4.46. The summed E-state index contributed by atoms with van der Waals surface area (Å²) in [5.41, 5.74) is 2.39. The van der Waals surface area contributed by atoms with Crippen molar-refractivity contribution in [3.8, 4) is 11.4 Å². The highest BCUT2D eigenvalue weighted by atomic mass is 16.5. The molecule has 7 nitrogen and oxygen atoms in total. The highest BCUT2D eigenvalue weighted by Crippen LogP contribution is 2.27. The number of nitrogens with zero attached hydrogens (tertiary/aromatic N) is 4. The number of aromatic carboxylic acids is 1. The Labute approximate surface area is 177 Å². The molecular formula is C23H30N4O3. The first-order valence-electron chi connectivity index (χ1n) is 10.3. The molecule has 0 saturated heterocycles. The zero-order valence-electron chi connectivity index (χ0n) is 18.3. The van der Waals surface area contributed by atoms with E-state index in [-0.39, 0.29) is 11.2 Å². The van der Waals surface area contributed by atoms with Gasteiger partial charge in [0.05, 0.1) is 28.8 Å².